The Morgan fingerprint density at radius 2 is 1.81 bits per heavy atom. The summed E-state index contributed by atoms with van der Waals surface area (Å²) < 4.78 is 5.42. The number of anilines is 1. The van der Waals surface area contributed by atoms with E-state index in [1.165, 1.54) is 6.92 Å². The quantitative estimate of drug-likeness (QED) is 0.741. The van der Waals surface area contributed by atoms with E-state index in [0.717, 1.165) is 16.9 Å². The van der Waals surface area contributed by atoms with Gasteiger partial charge < -0.3 is 10.1 Å². The maximum atomic E-state index is 12.5. The van der Waals surface area contributed by atoms with Crippen molar-refractivity contribution in [2.45, 2.75) is 39.8 Å². The molecule has 5 nitrogen and oxygen atoms in total. The van der Waals surface area contributed by atoms with Crippen molar-refractivity contribution in [3.63, 3.8) is 0 Å². The lowest BCUT2D eigenvalue weighted by Gasteiger charge is -2.22. The zero-order valence-electron chi connectivity index (χ0n) is 15.9. The molecule has 0 saturated heterocycles. The van der Waals surface area contributed by atoms with Gasteiger partial charge in [-0.1, -0.05) is 29.8 Å². The van der Waals surface area contributed by atoms with Gasteiger partial charge in [0.25, 0.3) is 0 Å². The van der Waals surface area contributed by atoms with Gasteiger partial charge in [-0.2, -0.15) is 0 Å². The summed E-state index contributed by atoms with van der Waals surface area (Å²) in [4.78, 5) is 24.0. The number of hydrogen-bond donors (Lipinski definition) is 2. The van der Waals surface area contributed by atoms with Crippen LogP contribution < -0.4 is 15.4 Å². The lowest BCUT2D eigenvalue weighted by Crippen LogP contribution is -2.39. The molecular weight excluding hydrogens is 328 g/mol. The third kappa shape index (κ3) is 4.92. The second kappa shape index (κ2) is 8.63. The number of carbonyl (C=O) groups is 2. The van der Waals surface area contributed by atoms with Crippen molar-refractivity contribution in [1.82, 2.24) is 5.32 Å². The number of aryl methyl sites for hydroxylation is 1. The van der Waals surface area contributed by atoms with Crippen molar-refractivity contribution in [2.24, 2.45) is 0 Å². The zero-order chi connectivity index (χ0) is 19.3. The predicted molar refractivity (Wildman–Crippen MR) is 104 cm³/mol. The smallest absolute Gasteiger partial charge is 0.241 e. The van der Waals surface area contributed by atoms with Crippen LogP contribution in [0.2, 0.25) is 0 Å². The fourth-order valence-electron chi connectivity index (χ4n) is 2.80. The summed E-state index contributed by atoms with van der Waals surface area (Å²) in [7, 11) is 1.64. The third-order valence-corrected chi connectivity index (χ3v) is 4.28. The van der Waals surface area contributed by atoms with Gasteiger partial charge in [-0.15, -0.1) is 0 Å². The van der Waals surface area contributed by atoms with Gasteiger partial charge in [0.2, 0.25) is 5.91 Å². The van der Waals surface area contributed by atoms with E-state index >= 15 is 0 Å². The first kappa shape index (κ1) is 19.7. The summed E-state index contributed by atoms with van der Waals surface area (Å²) in [5.74, 6) is 0.592. The maximum Gasteiger partial charge on any atom is 0.241 e. The van der Waals surface area contributed by atoms with Crippen LogP contribution in [0.25, 0.3) is 0 Å². The summed E-state index contributed by atoms with van der Waals surface area (Å²) >= 11 is 0. The van der Waals surface area contributed by atoms with E-state index in [1.54, 1.807) is 31.4 Å². The molecule has 0 aliphatic heterocycles. The van der Waals surface area contributed by atoms with E-state index in [-0.39, 0.29) is 17.7 Å². The first-order chi connectivity index (χ1) is 12.3. The molecule has 2 rings (SSSR count). The summed E-state index contributed by atoms with van der Waals surface area (Å²) in [5, 5.41) is 6.15. The van der Waals surface area contributed by atoms with Gasteiger partial charge in [0.1, 0.15) is 5.75 Å². The molecule has 2 N–H and O–H groups in total. The Morgan fingerprint density at radius 3 is 2.46 bits per heavy atom. The largest absolute Gasteiger partial charge is 0.496 e. The predicted octanol–water partition coefficient (Wildman–Crippen LogP) is 3.88. The number of amides is 1. The number of benzene rings is 2. The minimum Gasteiger partial charge on any atom is -0.496 e. The number of ether oxygens (including phenoxy) is 1. The average Bonchev–Trinajstić information content (AvgIpc) is 2.61. The van der Waals surface area contributed by atoms with Crippen molar-refractivity contribution in [3.05, 3.63) is 59.2 Å². The minimum absolute atomic E-state index is 0.0348. The van der Waals surface area contributed by atoms with Crippen LogP contribution in [-0.4, -0.2) is 24.8 Å². The van der Waals surface area contributed by atoms with Crippen LogP contribution in [0.15, 0.2) is 42.5 Å². The highest BCUT2D eigenvalue weighted by atomic mass is 16.5. The van der Waals surface area contributed by atoms with Crippen LogP contribution in [0.4, 0.5) is 5.69 Å². The highest BCUT2D eigenvalue weighted by Crippen LogP contribution is 2.26. The molecule has 0 radical (unpaired) electrons. The highest BCUT2D eigenvalue weighted by molar-refractivity contribution is 5.98. The van der Waals surface area contributed by atoms with Gasteiger partial charge in [-0.3, -0.25) is 14.9 Å². The van der Waals surface area contributed by atoms with Gasteiger partial charge in [-0.25, -0.2) is 0 Å². The maximum absolute atomic E-state index is 12.5. The molecular formula is C21H26N2O3. The average molecular weight is 354 g/mol. The second-order valence-electron chi connectivity index (χ2n) is 6.48. The molecule has 26 heavy (non-hydrogen) atoms. The molecule has 0 fully saturated rings. The fourth-order valence-corrected chi connectivity index (χ4v) is 2.80. The number of methoxy groups -OCH3 is 1. The van der Waals surface area contributed by atoms with Crippen LogP contribution in [0.3, 0.4) is 0 Å². The van der Waals surface area contributed by atoms with Crippen molar-refractivity contribution in [1.29, 1.82) is 0 Å². The molecule has 0 spiro atoms. The van der Waals surface area contributed by atoms with Gasteiger partial charge in [0.05, 0.1) is 13.2 Å². The van der Waals surface area contributed by atoms with Crippen LogP contribution in [0.5, 0.6) is 5.75 Å². The standard InChI is InChI=1S/C21H26N2O3/c1-13-9-10-20(26-5)19(11-13)14(2)22-15(3)21(25)23-18-8-6-7-17(12-18)16(4)24/h6-12,14-15,22H,1-5H3,(H,23,25). The SMILES string of the molecule is COc1ccc(C)cc1C(C)NC(C)C(=O)Nc1cccc(C(C)=O)c1. The normalized spacial score (nSPS) is 13.0. The first-order valence-electron chi connectivity index (χ1n) is 8.64. The van der Waals surface area contributed by atoms with Crippen LogP contribution in [0, 0.1) is 6.92 Å². The lowest BCUT2D eigenvalue weighted by atomic mass is 10.0. The molecule has 2 aromatic carbocycles. The monoisotopic (exact) mass is 354 g/mol. The number of ketones is 1. The Balaban J connectivity index is 2.06. The zero-order valence-corrected chi connectivity index (χ0v) is 15.9. The Labute approximate surface area is 154 Å². The summed E-state index contributed by atoms with van der Waals surface area (Å²) in [6, 6.07) is 12.4. The van der Waals surface area contributed by atoms with E-state index in [4.69, 9.17) is 4.74 Å². The molecule has 2 atom stereocenters. The van der Waals surface area contributed by atoms with E-state index in [2.05, 4.69) is 16.7 Å². The van der Waals surface area contributed by atoms with Gasteiger partial charge in [0, 0.05) is 22.9 Å². The summed E-state index contributed by atoms with van der Waals surface area (Å²) in [6.45, 7) is 7.33. The fraction of sp³-hybridized carbons (Fsp3) is 0.333. The van der Waals surface area contributed by atoms with Crippen molar-refractivity contribution in [2.75, 3.05) is 12.4 Å². The van der Waals surface area contributed by atoms with E-state index in [0.29, 0.717) is 11.3 Å². The third-order valence-electron chi connectivity index (χ3n) is 4.28. The molecule has 5 heteroatoms. The molecule has 0 aliphatic carbocycles. The molecule has 0 aromatic heterocycles. The molecule has 0 bridgehead atoms. The topological polar surface area (TPSA) is 67.4 Å². The number of Topliss-reactive ketones (excluding diaryl/α,β-unsaturated/α-hetero) is 1. The van der Waals surface area contributed by atoms with Gasteiger partial charge in [-0.05, 0) is 45.9 Å². The number of nitrogens with one attached hydrogen (secondary N) is 2. The first-order valence-corrected chi connectivity index (χ1v) is 8.64. The minimum atomic E-state index is -0.420. The lowest BCUT2D eigenvalue weighted by molar-refractivity contribution is -0.117. The highest BCUT2D eigenvalue weighted by Gasteiger charge is 2.19. The van der Waals surface area contributed by atoms with Gasteiger partial charge >= 0.3 is 0 Å². The Kier molecular flexibility index (Phi) is 6.52. The van der Waals surface area contributed by atoms with E-state index < -0.39 is 6.04 Å². The molecule has 0 heterocycles. The molecule has 2 aromatic rings. The van der Waals surface area contributed by atoms with Crippen LogP contribution >= 0.6 is 0 Å². The molecule has 138 valence electrons. The molecule has 0 aliphatic rings. The molecule has 0 saturated carbocycles. The van der Waals surface area contributed by atoms with Gasteiger partial charge in [0.15, 0.2) is 5.78 Å². The second-order valence-corrected chi connectivity index (χ2v) is 6.48. The van der Waals surface area contributed by atoms with E-state index in [1.807, 2.05) is 32.9 Å². The Bertz CT molecular complexity index is 802. The molecule has 2 unspecified atom stereocenters. The van der Waals surface area contributed by atoms with Crippen LogP contribution in [-0.2, 0) is 4.79 Å². The molecule has 1 amide bonds. The van der Waals surface area contributed by atoms with Crippen molar-refractivity contribution < 1.29 is 14.3 Å². The summed E-state index contributed by atoms with van der Waals surface area (Å²) in [6.07, 6.45) is 0. The summed E-state index contributed by atoms with van der Waals surface area (Å²) in [5.41, 5.74) is 3.32. The van der Waals surface area contributed by atoms with E-state index in [9.17, 15) is 9.59 Å². The van der Waals surface area contributed by atoms with Crippen LogP contribution in [0.1, 0.15) is 48.3 Å². The Hall–Kier alpha value is -2.66. The Morgan fingerprint density at radius 1 is 1.08 bits per heavy atom. The number of rotatable bonds is 7. The van der Waals surface area contributed by atoms with Crippen molar-refractivity contribution in [3.8, 4) is 5.75 Å². The number of hydrogen-bond acceptors (Lipinski definition) is 4. The van der Waals surface area contributed by atoms with Crippen molar-refractivity contribution >= 4 is 17.4 Å². The number of carbonyl (C=O) groups excluding carboxylic acids is 2.